The van der Waals surface area contributed by atoms with Crippen molar-refractivity contribution in [1.82, 2.24) is 0 Å². The van der Waals surface area contributed by atoms with E-state index in [0.29, 0.717) is 10.7 Å². The zero-order valence-electron chi connectivity index (χ0n) is 12.2. The number of Topliss-reactive ketones (excluding diaryl/α,β-unsaturated/α-hetero) is 1. The number of hydrogen-bond acceptors (Lipinski definition) is 4. The lowest BCUT2D eigenvalue weighted by Crippen LogP contribution is -2.20. The molecule has 114 valence electrons. The molecular formula is C15H18ClNO2S2. The predicted molar refractivity (Wildman–Crippen MR) is 94.1 cm³/mol. The highest BCUT2D eigenvalue weighted by Gasteiger charge is 2.21. The first-order valence-corrected chi connectivity index (χ1v) is 8.92. The summed E-state index contributed by atoms with van der Waals surface area (Å²) in [6, 6.07) is 6.96. The molecule has 0 aromatic heterocycles. The normalized spacial score (nSPS) is 10.1. The van der Waals surface area contributed by atoms with Gasteiger partial charge in [-0.15, -0.1) is 23.5 Å². The minimum atomic E-state index is -0.410. The van der Waals surface area contributed by atoms with Crippen LogP contribution in [0.2, 0.25) is 5.02 Å². The van der Waals surface area contributed by atoms with Crippen molar-refractivity contribution in [3.63, 3.8) is 0 Å². The van der Waals surface area contributed by atoms with Crippen molar-refractivity contribution < 1.29 is 9.59 Å². The second-order valence-corrected chi connectivity index (χ2v) is 7.23. The Morgan fingerprint density at radius 3 is 2.19 bits per heavy atom. The molecular weight excluding hydrogens is 326 g/mol. The average Bonchev–Trinajstić information content (AvgIpc) is 2.41. The van der Waals surface area contributed by atoms with E-state index in [1.54, 1.807) is 24.3 Å². The van der Waals surface area contributed by atoms with Gasteiger partial charge in [-0.2, -0.15) is 0 Å². The first kappa shape index (κ1) is 18.1. The zero-order valence-corrected chi connectivity index (χ0v) is 14.6. The fourth-order valence-electron chi connectivity index (χ4n) is 1.59. The number of benzene rings is 1. The van der Waals surface area contributed by atoms with Crippen molar-refractivity contribution in [1.29, 1.82) is 0 Å². The number of anilines is 1. The summed E-state index contributed by atoms with van der Waals surface area (Å²) in [6.45, 7) is 5.39. The van der Waals surface area contributed by atoms with Crippen LogP contribution in [-0.2, 0) is 9.59 Å². The first-order valence-electron chi connectivity index (χ1n) is 6.57. The Morgan fingerprint density at radius 1 is 1.14 bits per heavy atom. The molecule has 0 aliphatic rings. The Morgan fingerprint density at radius 2 is 1.71 bits per heavy atom. The van der Waals surface area contributed by atoms with Gasteiger partial charge in [0.2, 0.25) is 0 Å². The van der Waals surface area contributed by atoms with Crippen LogP contribution in [0.4, 0.5) is 5.69 Å². The van der Waals surface area contributed by atoms with E-state index >= 15 is 0 Å². The molecule has 1 aromatic rings. The maximum absolute atomic E-state index is 12.4. The number of carbonyl (C=O) groups excluding carboxylic acids is 2. The fourth-order valence-corrected chi connectivity index (χ4v) is 4.10. The molecule has 21 heavy (non-hydrogen) atoms. The summed E-state index contributed by atoms with van der Waals surface area (Å²) in [7, 11) is 0. The first-order chi connectivity index (χ1) is 10.0. The van der Waals surface area contributed by atoms with Crippen LogP contribution < -0.4 is 5.32 Å². The van der Waals surface area contributed by atoms with Crippen LogP contribution >= 0.6 is 35.1 Å². The molecule has 1 amide bonds. The van der Waals surface area contributed by atoms with Crippen LogP contribution in [-0.4, -0.2) is 23.2 Å². The lowest BCUT2D eigenvalue weighted by atomic mass is 10.2. The van der Waals surface area contributed by atoms with Gasteiger partial charge in [0, 0.05) is 0 Å². The van der Waals surface area contributed by atoms with Crippen LogP contribution in [0.5, 0.6) is 0 Å². The van der Waals surface area contributed by atoms with Crippen LogP contribution in [0.25, 0.3) is 0 Å². The highest BCUT2D eigenvalue weighted by Crippen LogP contribution is 2.32. The zero-order chi connectivity index (χ0) is 15.8. The van der Waals surface area contributed by atoms with Crippen molar-refractivity contribution in [2.45, 2.75) is 20.8 Å². The molecule has 0 atom stereocenters. The van der Waals surface area contributed by atoms with E-state index in [1.165, 1.54) is 30.4 Å². The molecule has 0 unspecified atom stereocenters. The van der Waals surface area contributed by atoms with E-state index in [0.717, 1.165) is 15.7 Å². The fraction of sp³-hybridized carbons (Fsp3) is 0.333. The molecule has 1 N–H and O–H groups in total. The molecule has 0 radical (unpaired) electrons. The minimum absolute atomic E-state index is 0.202. The van der Waals surface area contributed by atoms with Crippen molar-refractivity contribution in [3.05, 3.63) is 39.1 Å². The number of hydrogen-bond donors (Lipinski definition) is 1. The van der Waals surface area contributed by atoms with Gasteiger partial charge in [0.1, 0.15) is 5.57 Å². The predicted octanol–water partition coefficient (Wildman–Crippen LogP) is 4.59. The van der Waals surface area contributed by atoms with E-state index < -0.39 is 5.91 Å². The molecule has 0 fully saturated rings. The summed E-state index contributed by atoms with van der Waals surface area (Å²) in [5.74, 6) is 0.959. The number of amides is 1. The molecule has 3 nitrogen and oxygen atoms in total. The van der Waals surface area contributed by atoms with Gasteiger partial charge in [-0.3, -0.25) is 9.59 Å². The number of carbonyl (C=O) groups is 2. The Bertz CT molecular complexity index is 550. The van der Waals surface area contributed by atoms with Gasteiger partial charge in [0.25, 0.3) is 5.91 Å². The van der Waals surface area contributed by atoms with Gasteiger partial charge in [0.15, 0.2) is 5.78 Å². The average molecular weight is 344 g/mol. The molecule has 1 aromatic carbocycles. The molecule has 0 saturated heterocycles. The molecule has 0 spiro atoms. The van der Waals surface area contributed by atoms with Crippen LogP contribution in [0.3, 0.4) is 0 Å². The summed E-state index contributed by atoms with van der Waals surface area (Å²) < 4.78 is 0.761. The smallest absolute Gasteiger partial charge is 0.260 e. The third-order valence-corrected chi connectivity index (χ3v) is 5.00. The quantitative estimate of drug-likeness (QED) is 0.447. The Hall–Kier alpha value is -0.910. The van der Waals surface area contributed by atoms with E-state index in [2.05, 4.69) is 5.32 Å². The molecule has 0 aliphatic heterocycles. The van der Waals surface area contributed by atoms with E-state index in [-0.39, 0.29) is 11.4 Å². The van der Waals surface area contributed by atoms with E-state index in [1.807, 2.05) is 13.8 Å². The van der Waals surface area contributed by atoms with Gasteiger partial charge >= 0.3 is 0 Å². The Labute approximate surface area is 138 Å². The topological polar surface area (TPSA) is 46.2 Å². The van der Waals surface area contributed by atoms with Crippen LogP contribution in [0, 0.1) is 0 Å². The molecule has 0 bridgehead atoms. The standard InChI is InChI=1S/C15H18ClNO2S2/c1-4-20-15(21-5-2)13(10(3)18)14(19)17-12-9-7-6-8-11(12)16/h6-9H,4-5H2,1-3H3,(H,17,19). The summed E-state index contributed by atoms with van der Waals surface area (Å²) in [4.78, 5) is 24.3. The maximum Gasteiger partial charge on any atom is 0.260 e. The lowest BCUT2D eigenvalue weighted by Gasteiger charge is -2.12. The third kappa shape index (κ3) is 5.41. The summed E-state index contributed by atoms with van der Waals surface area (Å²) in [5, 5.41) is 3.16. The second kappa shape index (κ2) is 9.18. The van der Waals surface area contributed by atoms with Crippen LogP contribution in [0.1, 0.15) is 20.8 Å². The van der Waals surface area contributed by atoms with Crippen LogP contribution in [0.15, 0.2) is 34.1 Å². The van der Waals surface area contributed by atoms with Gasteiger partial charge in [-0.1, -0.05) is 37.6 Å². The summed E-state index contributed by atoms with van der Waals surface area (Å²) >= 11 is 9.05. The number of rotatable bonds is 7. The number of para-hydroxylation sites is 1. The van der Waals surface area contributed by atoms with Gasteiger partial charge < -0.3 is 5.32 Å². The number of ketones is 1. The number of halogens is 1. The summed E-state index contributed by atoms with van der Waals surface area (Å²) in [5.41, 5.74) is 0.707. The SMILES string of the molecule is CCSC(SCC)=C(C(C)=O)C(=O)Nc1ccccc1Cl. The van der Waals surface area contributed by atoms with Crippen molar-refractivity contribution in [2.75, 3.05) is 16.8 Å². The molecule has 6 heteroatoms. The largest absolute Gasteiger partial charge is 0.320 e. The van der Waals surface area contributed by atoms with Gasteiger partial charge in [-0.05, 0) is 30.6 Å². The van der Waals surface area contributed by atoms with Crippen molar-refractivity contribution >= 4 is 52.5 Å². The molecule has 0 saturated carbocycles. The van der Waals surface area contributed by atoms with E-state index in [9.17, 15) is 9.59 Å². The molecule has 0 heterocycles. The monoisotopic (exact) mass is 343 g/mol. The van der Waals surface area contributed by atoms with Gasteiger partial charge in [0.05, 0.1) is 14.9 Å². The van der Waals surface area contributed by atoms with E-state index in [4.69, 9.17) is 11.6 Å². The van der Waals surface area contributed by atoms with Gasteiger partial charge in [-0.25, -0.2) is 0 Å². The number of nitrogens with one attached hydrogen (secondary N) is 1. The van der Waals surface area contributed by atoms with Crippen molar-refractivity contribution in [2.24, 2.45) is 0 Å². The Kier molecular flexibility index (Phi) is 7.93. The molecule has 0 aliphatic carbocycles. The summed E-state index contributed by atoms with van der Waals surface area (Å²) in [6.07, 6.45) is 0. The maximum atomic E-state index is 12.4. The highest BCUT2D eigenvalue weighted by molar-refractivity contribution is 8.22. The number of thioether (sulfide) groups is 2. The minimum Gasteiger partial charge on any atom is -0.320 e. The van der Waals surface area contributed by atoms with Crippen molar-refractivity contribution in [3.8, 4) is 0 Å². The second-order valence-electron chi connectivity index (χ2n) is 4.02. The highest BCUT2D eigenvalue weighted by atomic mass is 35.5. The lowest BCUT2D eigenvalue weighted by molar-refractivity contribution is -0.118. The molecule has 1 rings (SSSR count). The third-order valence-electron chi connectivity index (χ3n) is 2.46. The Balaban J connectivity index is 3.10.